The van der Waals surface area contributed by atoms with E-state index in [2.05, 4.69) is 21.7 Å². The average Bonchev–Trinajstić information content (AvgIpc) is 2.60. The number of likely N-dealkylation sites (tertiary alicyclic amines) is 1. The van der Waals surface area contributed by atoms with E-state index in [1.54, 1.807) is 0 Å². The number of hydrazone groups is 1. The maximum Gasteiger partial charge on any atom is 0.306 e. The molecule has 7 heteroatoms. The lowest BCUT2D eigenvalue weighted by Gasteiger charge is -2.37. The Bertz CT molecular complexity index is 639. The van der Waals surface area contributed by atoms with E-state index in [-0.39, 0.29) is 5.92 Å². The first-order valence-corrected chi connectivity index (χ1v) is 8.49. The van der Waals surface area contributed by atoms with Gasteiger partial charge in [0, 0.05) is 27.2 Å². The van der Waals surface area contributed by atoms with Crippen molar-refractivity contribution in [3.8, 4) is 0 Å². The third kappa shape index (κ3) is 3.02. The summed E-state index contributed by atoms with van der Waals surface area (Å²) in [7, 11) is 4.06. The third-order valence-electron chi connectivity index (χ3n) is 4.77. The first-order valence-electron chi connectivity index (χ1n) is 8.49. The lowest BCUT2D eigenvalue weighted by molar-refractivity contribution is -0.143. The molecule has 130 valence electrons. The summed E-state index contributed by atoms with van der Waals surface area (Å²) >= 11 is 0. The molecule has 3 aliphatic rings. The highest BCUT2D eigenvalue weighted by Gasteiger charge is 2.30. The van der Waals surface area contributed by atoms with Crippen LogP contribution in [0.25, 0.3) is 0 Å². The van der Waals surface area contributed by atoms with Crippen LogP contribution in [0.3, 0.4) is 0 Å². The fourth-order valence-electron chi connectivity index (χ4n) is 3.38. The minimum atomic E-state index is -0.688. The number of amidine groups is 2. The largest absolute Gasteiger partial charge is 0.481 e. The standard InChI is InChI=1S/C17H25N5O2/c1-4-12-11-18-14-5-6-15(19-22(14)16(12)20(2)3)21-9-7-13(8-10-21)17(23)24/h5-6,13H,4,7-11H2,1-3H3,(H,23,24). The van der Waals surface area contributed by atoms with Crippen molar-refractivity contribution in [1.29, 1.82) is 0 Å². The fraction of sp³-hybridized carbons (Fsp3) is 0.588. The molecule has 1 saturated heterocycles. The van der Waals surface area contributed by atoms with Gasteiger partial charge < -0.3 is 14.9 Å². The number of hydrogen-bond acceptors (Lipinski definition) is 6. The molecule has 0 aliphatic carbocycles. The van der Waals surface area contributed by atoms with Gasteiger partial charge in [-0.1, -0.05) is 6.92 Å². The zero-order valence-corrected chi connectivity index (χ0v) is 14.6. The molecule has 0 bridgehead atoms. The minimum Gasteiger partial charge on any atom is -0.481 e. The number of carboxylic acid groups (broad SMARTS) is 1. The lowest BCUT2D eigenvalue weighted by Crippen LogP contribution is -2.44. The molecule has 1 fully saturated rings. The van der Waals surface area contributed by atoms with Gasteiger partial charge in [0.25, 0.3) is 0 Å². The minimum absolute atomic E-state index is 0.231. The molecular formula is C17H25N5O2. The monoisotopic (exact) mass is 331 g/mol. The Morgan fingerprint density at radius 1 is 1.29 bits per heavy atom. The zero-order chi connectivity index (χ0) is 17.3. The van der Waals surface area contributed by atoms with Crippen molar-refractivity contribution in [2.75, 3.05) is 33.7 Å². The van der Waals surface area contributed by atoms with Crippen LogP contribution in [0, 0.1) is 5.92 Å². The van der Waals surface area contributed by atoms with Crippen molar-refractivity contribution < 1.29 is 9.90 Å². The highest BCUT2D eigenvalue weighted by molar-refractivity contribution is 6.06. The molecule has 0 aromatic carbocycles. The van der Waals surface area contributed by atoms with Gasteiger partial charge in [-0.15, -0.1) is 5.10 Å². The van der Waals surface area contributed by atoms with E-state index in [0.29, 0.717) is 12.8 Å². The molecule has 0 atom stereocenters. The molecule has 0 spiro atoms. The summed E-state index contributed by atoms with van der Waals surface area (Å²) in [6, 6.07) is 0. The van der Waals surface area contributed by atoms with Crippen LogP contribution in [-0.2, 0) is 4.79 Å². The Hall–Kier alpha value is -2.31. The molecule has 0 amide bonds. The summed E-state index contributed by atoms with van der Waals surface area (Å²) in [6.45, 7) is 4.31. The first-order chi connectivity index (χ1) is 11.5. The zero-order valence-electron chi connectivity index (χ0n) is 14.6. The number of piperidine rings is 1. The second kappa shape index (κ2) is 6.67. The van der Waals surface area contributed by atoms with E-state index in [0.717, 1.165) is 43.5 Å². The molecule has 7 nitrogen and oxygen atoms in total. The Balaban J connectivity index is 1.81. The second-order valence-electron chi connectivity index (χ2n) is 6.55. The van der Waals surface area contributed by atoms with E-state index in [4.69, 9.17) is 10.2 Å². The van der Waals surface area contributed by atoms with Gasteiger partial charge in [0.1, 0.15) is 11.7 Å². The SMILES string of the molecule is CCC1=C(N(C)C)N2N=C(N3CCC(C(=O)O)CC3)C=CC2=NC1. The molecule has 0 aromatic heterocycles. The topological polar surface area (TPSA) is 71.7 Å². The highest BCUT2D eigenvalue weighted by atomic mass is 16.4. The van der Waals surface area contributed by atoms with E-state index in [9.17, 15) is 4.79 Å². The van der Waals surface area contributed by atoms with Crippen molar-refractivity contribution in [3.05, 3.63) is 23.5 Å². The van der Waals surface area contributed by atoms with Gasteiger partial charge in [-0.25, -0.2) is 0 Å². The van der Waals surface area contributed by atoms with E-state index >= 15 is 0 Å². The van der Waals surface area contributed by atoms with Crippen molar-refractivity contribution in [2.24, 2.45) is 16.0 Å². The molecule has 0 radical (unpaired) electrons. The number of carbonyl (C=O) groups is 1. The van der Waals surface area contributed by atoms with Crippen LogP contribution in [0.2, 0.25) is 0 Å². The number of hydrogen-bond donors (Lipinski definition) is 1. The van der Waals surface area contributed by atoms with Crippen LogP contribution in [0.4, 0.5) is 0 Å². The van der Waals surface area contributed by atoms with Crippen molar-refractivity contribution >= 4 is 17.6 Å². The van der Waals surface area contributed by atoms with Crippen LogP contribution < -0.4 is 0 Å². The number of aliphatic imine (C=N–C) groups is 1. The van der Waals surface area contributed by atoms with E-state index < -0.39 is 5.97 Å². The summed E-state index contributed by atoms with van der Waals surface area (Å²) in [5, 5.41) is 15.9. The molecule has 3 aliphatic heterocycles. The number of aliphatic carboxylic acids is 1. The van der Waals surface area contributed by atoms with Crippen LogP contribution in [0.1, 0.15) is 26.2 Å². The Morgan fingerprint density at radius 2 is 1.96 bits per heavy atom. The van der Waals surface area contributed by atoms with Gasteiger partial charge in [0.2, 0.25) is 0 Å². The lowest BCUT2D eigenvalue weighted by atomic mass is 9.97. The van der Waals surface area contributed by atoms with Crippen LogP contribution in [0.15, 0.2) is 33.6 Å². The molecule has 0 saturated carbocycles. The summed E-state index contributed by atoms with van der Waals surface area (Å²) in [5.74, 6) is 1.91. The number of carboxylic acids is 1. The Morgan fingerprint density at radius 3 is 2.54 bits per heavy atom. The quantitative estimate of drug-likeness (QED) is 0.850. The van der Waals surface area contributed by atoms with E-state index in [1.807, 2.05) is 31.3 Å². The average molecular weight is 331 g/mol. The fourth-order valence-corrected chi connectivity index (χ4v) is 3.38. The van der Waals surface area contributed by atoms with Crippen LogP contribution in [-0.4, -0.2) is 71.3 Å². The number of fused-ring (bicyclic) bond motifs is 1. The van der Waals surface area contributed by atoms with Crippen molar-refractivity contribution in [2.45, 2.75) is 26.2 Å². The van der Waals surface area contributed by atoms with Crippen LogP contribution in [0.5, 0.6) is 0 Å². The van der Waals surface area contributed by atoms with Gasteiger partial charge in [-0.2, -0.15) is 5.01 Å². The second-order valence-corrected chi connectivity index (χ2v) is 6.55. The van der Waals surface area contributed by atoms with Gasteiger partial charge in [0.15, 0.2) is 5.84 Å². The predicted octanol–water partition coefficient (Wildman–Crippen LogP) is 1.56. The summed E-state index contributed by atoms with van der Waals surface area (Å²) < 4.78 is 0. The van der Waals surface area contributed by atoms with E-state index in [1.165, 1.54) is 5.57 Å². The third-order valence-corrected chi connectivity index (χ3v) is 4.77. The number of nitrogens with zero attached hydrogens (tertiary/aromatic N) is 5. The highest BCUT2D eigenvalue weighted by Crippen LogP contribution is 2.26. The molecule has 0 unspecified atom stereocenters. The summed E-state index contributed by atoms with van der Waals surface area (Å²) in [5.41, 5.74) is 1.27. The smallest absolute Gasteiger partial charge is 0.306 e. The molecule has 1 N–H and O–H groups in total. The molecule has 24 heavy (non-hydrogen) atoms. The molecule has 3 rings (SSSR count). The van der Waals surface area contributed by atoms with Crippen molar-refractivity contribution in [3.63, 3.8) is 0 Å². The predicted molar refractivity (Wildman–Crippen MR) is 93.7 cm³/mol. The van der Waals surface area contributed by atoms with Crippen LogP contribution >= 0.6 is 0 Å². The van der Waals surface area contributed by atoms with Gasteiger partial charge in [-0.05, 0) is 37.0 Å². The van der Waals surface area contributed by atoms with Gasteiger partial charge in [-0.3, -0.25) is 9.79 Å². The summed E-state index contributed by atoms with van der Waals surface area (Å²) in [4.78, 5) is 20.0. The first kappa shape index (κ1) is 16.5. The molecule has 0 aromatic rings. The Labute approximate surface area is 142 Å². The maximum atomic E-state index is 11.1. The normalized spacial score (nSPS) is 21.5. The Kier molecular flexibility index (Phi) is 4.59. The molecular weight excluding hydrogens is 306 g/mol. The maximum absolute atomic E-state index is 11.1. The molecule has 3 heterocycles. The summed E-state index contributed by atoms with van der Waals surface area (Å²) in [6.07, 6.45) is 6.26. The number of rotatable bonds is 3. The van der Waals surface area contributed by atoms with Gasteiger partial charge >= 0.3 is 5.97 Å². The van der Waals surface area contributed by atoms with Gasteiger partial charge in [0.05, 0.1) is 12.5 Å². The van der Waals surface area contributed by atoms with Crippen molar-refractivity contribution in [1.82, 2.24) is 14.8 Å².